The van der Waals surface area contributed by atoms with Gasteiger partial charge in [-0.15, -0.1) is 11.3 Å². The molecule has 0 radical (unpaired) electrons. The Morgan fingerprint density at radius 2 is 1.97 bits per heavy atom. The fraction of sp³-hybridized carbons (Fsp3) is 0.391. The van der Waals surface area contributed by atoms with Crippen molar-refractivity contribution in [3.8, 4) is 11.1 Å². The number of nitrogens with zero attached hydrogens (tertiary/aromatic N) is 2. The lowest BCUT2D eigenvalue weighted by Gasteiger charge is -2.26. The molecule has 2 heterocycles. The first kappa shape index (κ1) is 23.1. The molecule has 0 spiro atoms. The number of hydrogen-bond donors (Lipinski definition) is 2. The number of carbonyl (C=O) groups is 2. The summed E-state index contributed by atoms with van der Waals surface area (Å²) in [7, 11) is 0. The second-order valence-corrected chi connectivity index (χ2v) is 8.79. The largest absolute Gasteiger partial charge is 0.462 e. The van der Waals surface area contributed by atoms with Crippen LogP contribution in [-0.2, 0) is 15.1 Å². The Kier molecular flexibility index (Phi) is 6.85. The summed E-state index contributed by atoms with van der Waals surface area (Å²) in [5.74, 6) is -0.180. The molecule has 0 bridgehead atoms. The first-order valence-electron chi connectivity index (χ1n) is 10.8. The summed E-state index contributed by atoms with van der Waals surface area (Å²) in [6, 6.07) is 5.82. The summed E-state index contributed by atoms with van der Waals surface area (Å²) in [6.45, 7) is 3.65. The van der Waals surface area contributed by atoms with Crippen molar-refractivity contribution >= 4 is 28.2 Å². The fourth-order valence-corrected chi connectivity index (χ4v) is 5.04. The van der Waals surface area contributed by atoms with Crippen LogP contribution in [0.15, 0.2) is 34.2 Å². The van der Waals surface area contributed by atoms with E-state index < -0.39 is 11.5 Å². The second kappa shape index (κ2) is 9.80. The molecule has 1 saturated carbocycles. The second-order valence-electron chi connectivity index (χ2n) is 7.91. The van der Waals surface area contributed by atoms with Gasteiger partial charge in [0, 0.05) is 17.9 Å². The average Bonchev–Trinajstić information content (AvgIpc) is 3.53. The lowest BCUT2D eigenvalue weighted by Crippen LogP contribution is -2.44. The highest BCUT2D eigenvalue weighted by molar-refractivity contribution is 7.15. The summed E-state index contributed by atoms with van der Waals surface area (Å²) >= 11 is 1.22. The van der Waals surface area contributed by atoms with Gasteiger partial charge in [-0.3, -0.25) is 10.1 Å². The zero-order valence-corrected chi connectivity index (χ0v) is 19.3. The van der Waals surface area contributed by atoms with E-state index in [0.717, 1.165) is 25.7 Å². The third-order valence-electron chi connectivity index (χ3n) is 5.68. The summed E-state index contributed by atoms with van der Waals surface area (Å²) in [5.41, 5.74) is 0.988. The van der Waals surface area contributed by atoms with E-state index in [2.05, 4.69) is 20.8 Å². The van der Waals surface area contributed by atoms with Gasteiger partial charge in [0.2, 0.25) is 11.8 Å². The van der Waals surface area contributed by atoms with Crippen molar-refractivity contribution in [2.75, 3.05) is 18.5 Å². The predicted octanol–water partition coefficient (Wildman–Crippen LogP) is 4.42. The lowest BCUT2D eigenvalue weighted by atomic mass is 9.96. The molecule has 10 heteroatoms. The fourth-order valence-electron chi connectivity index (χ4n) is 4.07. The van der Waals surface area contributed by atoms with Crippen LogP contribution in [0.5, 0.6) is 0 Å². The number of rotatable bonds is 8. The van der Waals surface area contributed by atoms with Crippen LogP contribution in [0.25, 0.3) is 11.1 Å². The van der Waals surface area contributed by atoms with Crippen LogP contribution in [-0.4, -0.2) is 35.2 Å². The first-order valence-corrected chi connectivity index (χ1v) is 11.7. The van der Waals surface area contributed by atoms with Gasteiger partial charge in [-0.2, -0.15) is 4.98 Å². The number of ether oxygens (including phenoxy) is 1. The highest BCUT2D eigenvalue weighted by Gasteiger charge is 2.40. The van der Waals surface area contributed by atoms with Crippen molar-refractivity contribution in [2.45, 2.75) is 45.1 Å². The molecule has 1 fully saturated rings. The van der Waals surface area contributed by atoms with Crippen LogP contribution >= 0.6 is 11.3 Å². The Bertz CT molecular complexity index is 1140. The molecule has 1 aromatic carbocycles. The van der Waals surface area contributed by atoms with Crippen molar-refractivity contribution < 1.29 is 23.2 Å². The number of benzene rings is 1. The molecule has 3 aromatic rings. The Morgan fingerprint density at radius 3 is 2.61 bits per heavy atom. The summed E-state index contributed by atoms with van der Waals surface area (Å²) < 4.78 is 23.7. The number of carbonyl (C=O) groups excluding carboxylic acids is 2. The van der Waals surface area contributed by atoms with Crippen LogP contribution in [0.3, 0.4) is 0 Å². The maximum atomic E-state index is 13.4. The van der Waals surface area contributed by atoms with Gasteiger partial charge in [-0.25, -0.2) is 9.18 Å². The number of amides is 1. The van der Waals surface area contributed by atoms with Gasteiger partial charge in [0.05, 0.1) is 18.7 Å². The van der Waals surface area contributed by atoms with E-state index in [1.165, 1.54) is 23.5 Å². The van der Waals surface area contributed by atoms with Crippen LogP contribution in [0.4, 0.5) is 9.39 Å². The minimum absolute atomic E-state index is 0.0135. The smallest absolute Gasteiger partial charge is 0.341 e. The maximum absolute atomic E-state index is 13.4. The van der Waals surface area contributed by atoms with Gasteiger partial charge < -0.3 is 14.6 Å². The zero-order valence-electron chi connectivity index (χ0n) is 18.4. The Labute approximate surface area is 194 Å². The van der Waals surface area contributed by atoms with E-state index in [-0.39, 0.29) is 30.4 Å². The molecule has 1 amide bonds. The van der Waals surface area contributed by atoms with E-state index in [1.807, 2.05) is 0 Å². The van der Waals surface area contributed by atoms with Crippen molar-refractivity contribution in [1.82, 2.24) is 15.5 Å². The van der Waals surface area contributed by atoms with Crippen molar-refractivity contribution in [1.29, 1.82) is 0 Å². The van der Waals surface area contributed by atoms with Gasteiger partial charge >= 0.3 is 5.97 Å². The van der Waals surface area contributed by atoms with E-state index >= 15 is 0 Å². The van der Waals surface area contributed by atoms with E-state index in [9.17, 15) is 14.0 Å². The van der Waals surface area contributed by atoms with Gasteiger partial charge in [-0.05, 0) is 37.5 Å². The van der Waals surface area contributed by atoms with Crippen LogP contribution in [0.2, 0.25) is 0 Å². The van der Waals surface area contributed by atoms with Crippen molar-refractivity contribution in [3.63, 3.8) is 0 Å². The number of nitrogens with one attached hydrogen (secondary N) is 2. The van der Waals surface area contributed by atoms with Gasteiger partial charge in [-0.1, -0.05) is 30.1 Å². The summed E-state index contributed by atoms with van der Waals surface area (Å²) in [4.78, 5) is 29.9. The third-order valence-corrected chi connectivity index (χ3v) is 6.57. The Balaban J connectivity index is 1.52. The first-order chi connectivity index (χ1) is 15.9. The zero-order chi connectivity index (χ0) is 23.4. The molecule has 4 rings (SSSR count). The predicted molar refractivity (Wildman–Crippen MR) is 121 cm³/mol. The standard InChI is InChI=1S/C23H25FN4O4S/c1-3-31-21(30)19-17(15-6-8-16(24)9-7-15)13-33-20(19)27-18(29)12-25-23(10-4-5-11-23)22-26-14(2)32-28-22/h6-9,13,25H,3-5,10-12H2,1-2H3,(H,27,29). The van der Waals surface area contributed by atoms with Gasteiger partial charge in [0.1, 0.15) is 16.4 Å². The molecule has 33 heavy (non-hydrogen) atoms. The van der Waals surface area contributed by atoms with Gasteiger partial charge in [0.25, 0.3) is 0 Å². The van der Waals surface area contributed by atoms with Crippen molar-refractivity contribution in [3.05, 3.63) is 52.7 Å². The SMILES string of the molecule is CCOC(=O)c1c(-c2ccc(F)cc2)csc1NC(=O)CNC1(c2noc(C)n2)CCCC1. The van der Waals surface area contributed by atoms with Crippen molar-refractivity contribution in [2.24, 2.45) is 0 Å². The molecule has 0 unspecified atom stereocenters. The van der Waals surface area contributed by atoms with E-state index in [1.54, 1.807) is 31.4 Å². The number of halogens is 1. The molecule has 0 saturated heterocycles. The Morgan fingerprint density at radius 1 is 1.24 bits per heavy atom. The molecular weight excluding hydrogens is 447 g/mol. The number of anilines is 1. The molecule has 0 atom stereocenters. The minimum atomic E-state index is -0.545. The lowest BCUT2D eigenvalue weighted by molar-refractivity contribution is -0.115. The summed E-state index contributed by atoms with van der Waals surface area (Å²) in [5, 5.41) is 12.3. The van der Waals surface area contributed by atoms with E-state index in [4.69, 9.17) is 9.26 Å². The highest BCUT2D eigenvalue weighted by atomic mass is 32.1. The topological polar surface area (TPSA) is 106 Å². The highest BCUT2D eigenvalue weighted by Crippen LogP contribution is 2.38. The Hall–Kier alpha value is -3.11. The molecular formula is C23H25FN4O4S. The maximum Gasteiger partial charge on any atom is 0.341 e. The molecule has 2 aromatic heterocycles. The quantitative estimate of drug-likeness (QED) is 0.468. The molecule has 174 valence electrons. The summed E-state index contributed by atoms with van der Waals surface area (Å²) in [6.07, 6.45) is 3.62. The number of hydrogen-bond acceptors (Lipinski definition) is 8. The molecule has 1 aliphatic rings. The number of aryl methyl sites for hydroxylation is 1. The third kappa shape index (κ3) is 4.96. The molecule has 1 aliphatic carbocycles. The normalized spacial score (nSPS) is 14.9. The average molecular weight is 473 g/mol. The molecule has 0 aliphatic heterocycles. The molecule has 8 nitrogen and oxygen atoms in total. The van der Waals surface area contributed by atoms with Crippen LogP contribution < -0.4 is 10.6 Å². The monoisotopic (exact) mass is 472 g/mol. The van der Waals surface area contributed by atoms with E-state index in [0.29, 0.717) is 27.8 Å². The number of thiophene rings is 1. The molecule has 2 N–H and O–H groups in total. The number of aromatic nitrogens is 2. The van der Waals surface area contributed by atoms with Gasteiger partial charge in [0.15, 0.2) is 5.82 Å². The minimum Gasteiger partial charge on any atom is -0.462 e. The van der Waals surface area contributed by atoms with Crippen LogP contribution in [0, 0.1) is 12.7 Å². The number of esters is 1. The van der Waals surface area contributed by atoms with Crippen LogP contribution in [0.1, 0.15) is 54.7 Å².